The topological polar surface area (TPSA) is 80.5 Å². The van der Waals surface area contributed by atoms with Crippen molar-refractivity contribution in [2.45, 2.75) is 38.1 Å². The summed E-state index contributed by atoms with van der Waals surface area (Å²) < 4.78 is 0. The number of rotatable bonds is 3. The fourth-order valence-electron chi connectivity index (χ4n) is 2.28. The Hall–Kier alpha value is -1.27. The quantitative estimate of drug-likeness (QED) is 0.872. The van der Waals surface area contributed by atoms with Gasteiger partial charge >= 0.3 is 0 Å². The summed E-state index contributed by atoms with van der Waals surface area (Å²) in [4.78, 5) is 8.93. The lowest BCUT2D eigenvalue weighted by atomic mass is 10.1. The fraction of sp³-hybridized carbons (Fsp3) is 0.545. The van der Waals surface area contributed by atoms with Crippen molar-refractivity contribution in [1.29, 1.82) is 0 Å². The molecule has 0 unspecified atom stereocenters. The predicted octanol–water partition coefficient (Wildman–Crippen LogP) is 2.04. The normalized spacial score (nSPS) is 16.8. The molecule has 5 nitrogen and oxygen atoms in total. The first-order chi connectivity index (χ1) is 8.36. The molecule has 2 aromatic heterocycles. The summed E-state index contributed by atoms with van der Waals surface area (Å²) in [5.74, 6) is 2.27. The molecule has 1 saturated carbocycles. The van der Waals surface area contributed by atoms with Crippen LogP contribution in [0.5, 0.6) is 0 Å². The zero-order chi connectivity index (χ0) is 11.7. The molecule has 1 fully saturated rings. The molecule has 3 rings (SSSR count). The van der Waals surface area contributed by atoms with Crippen LogP contribution in [0.2, 0.25) is 0 Å². The van der Waals surface area contributed by atoms with E-state index in [2.05, 4.69) is 20.2 Å². The van der Waals surface area contributed by atoms with Crippen LogP contribution in [0, 0.1) is 0 Å². The van der Waals surface area contributed by atoms with E-state index in [1.807, 2.05) is 5.38 Å². The van der Waals surface area contributed by atoms with Gasteiger partial charge in [-0.05, 0) is 12.8 Å². The number of nitrogens with zero attached hydrogens (tertiary/aromatic N) is 3. The maximum Gasteiger partial charge on any atom is 0.200 e. The Morgan fingerprint density at radius 3 is 2.88 bits per heavy atom. The molecule has 0 aliphatic heterocycles. The number of aromatic amines is 1. The molecule has 0 aromatic carbocycles. The van der Waals surface area contributed by atoms with Crippen LogP contribution >= 0.6 is 11.3 Å². The van der Waals surface area contributed by atoms with Gasteiger partial charge in [-0.25, -0.2) is 9.97 Å². The van der Waals surface area contributed by atoms with Gasteiger partial charge in [-0.1, -0.05) is 12.8 Å². The number of aromatic nitrogens is 4. The molecule has 0 bridgehead atoms. The third kappa shape index (κ3) is 2.10. The standard InChI is InChI=1S/C11H15N5S/c12-5-9-13-8(6-17-9)11-14-10(15-16-11)7-3-1-2-4-7/h6-7H,1-5,12H2,(H,14,15,16). The number of nitrogens with one attached hydrogen (secondary N) is 1. The van der Waals surface area contributed by atoms with Crippen molar-refractivity contribution in [3.05, 3.63) is 16.2 Å². The van der Waals surface area contributed by atoms with E-state index in [1.165, 1.54) is 25.7 Å². The van der Waals surface area contributed by atoms with Gasteiger partial charge in [0.25, 0.3) is 0 Å². The van der Waals surface area contributed by atoms with Crippen LogP contribution in [-0.2, 0) is 6.54 Å². The van der Waals surface area contributed by atoms with Crippen molar-refractivity contribution in [2.75, 3.05) is 0 Å². The molecule has 1 aliphatic carbocycles. The molecule has 1 aliphatic rings. The maximum atomic E-state index is 5.55. The maximum absolute atomic E-state index is 5.55. The lowest BCUT2D eigenvalue weighted by Gasteiger charge is -2.01. The molecular formula is C11H15N5S. The Kier molecular flexibility index (Phi) is 2.90. The summed E-state index contributed by atoms with van der Waals surface area (Å²) in [7, 11) is 0. The molecule has 90 valence electrons. The molecule has 0 spiro atoms. The second-order valence-electron chi connectivity index (χ2n) is 4.36. The SMILES string of the molecule is NCc1nc(-c2n[nH]c(C3CCCC3)n2)cs1. The highest BCUT2D eigenvalue weighted by Crippen LogP contribution is 2.32. The largest absolute Gasteiger partial charge is 0.325 e. The van der Waals surface area contributed by atoms with Gasteiger partial charge < -0.3 is 5.73 Å². The lowest BCUT2D eigenvalue weighted by Crippen LogP contribution is -1.95. The predicted molar refractivity (Wildman–Crippen MR) is 66.6 cm³/mol. The van der Waals surface area contributed by atoms with Gasteiger partial charge in [0.2, 0.25) is 5.82 Å². The molecule has 0 saturated heterocycles. The summed E-state index contributed by atoms with van der Waals surface area (Å²) >= 11 is 1.56. The van der Waals surface area contributed by atoms with Crippen molar-refractivity contribution in [1.82, 2.24) is 20.2 Å². The zero-order valence-corrected chi connectivity index (χ0v) is 10.3. The van der Waals surface area contributed by atoms with Crippen molar-refractivity contribution in [3.63, 3.8) is 0 Å². The molecule has 2 heterocycles. The second kappa shape index (κ2) is 4.54. The van der Waals surface area contributed by atoms with E-state index in [-0.39, 0.29) is 0 Å². The third-order valence-electron chi connectivity index (χ3n) is 3.20. The number of hydrogen-bond acceptors (Lipinski definition) is 5. The Labute approximate surface area is 103 Å². The van der Waals surface area contributed by atoms with Gasteiger partial charge in [-0.3, -0.25) is 5.10 Å². The van der Waals surface area contributed by atoms with Crippen LogP contribution in [0.4, 0.5) is 0 Å². The van der Waals surface area contributed by atoms with Gasteiger partial charge in [-0.15, -0.1) is 11.3 Å². The van der Waals surface area contributed by atoms with Crippen LogP contribution in [0.25, 0.3) is 11.5 Å². The zero-order valence-electron chi connectivity index (χ0n) is 9.52. The highest BCUT2D eigenvalue weighted by molar-refractivity contribution is 7.09. The summed E-state index contributed by atoms with van der Waals surface area (Å²) in [6, 6.07) is 0. The lowest BCUT2D eigenvalue weighted by molar-refractivity contribution is 0.672. The molecule has 6 heteroatoms. The Morgan fingerprint density at radius 2 is 2.18 bits per heavy atom. The highest BCUT2D eigenvalue weighted by Gasteiger charge is 2.21. The first kappa shape index (κ1) is 10.9. The van der Waals surface area contributed by atoms with Crippen LogP contribution < -0.4 is 5.73 Å². The van der Waals surface area contributed by atoms with E-state index < -0.39 is 0 Å². The van der Waals surface area contributed by atoms with Crippen LogP contribution in [-0.4, -0.2) is 20.2 Å². The molecule has 3 N–H and O–H groups in total. The van der Waals surface area contributed by atoms with E-state index in [9.17, 15) is 0 Å². The Bertz CT molecular complexity index is 497. The van der Waals surface area contributed by atoms with E-state index in [1.54, 1.807) is 11.3 Å². The smallest absolute Gasteiger partial charge is 0.200 e. The number of thiazole rings is 1. The van der Waals surface area contributed by atoms with Gasteiger partial charge in [0.15, 0.2) is 0 Å². The minimum atomic E-state index is 0.477. The van der Waals surface area contributed by atoms with Gasteiger partial charge in [0.1, 0.15) is 16.5 Å². The van der Waals surface area contributed by atoms with Crippen molar-refractivity contribution < 1.29 is 0 Å². The van der Waals surface area contributed by atoms with E-state index >= 15 is 0 Å². The minimum Gasteiger partial charge on any atom is -0.325 e. The Balaban J connectivity index is 1.83. The van der Waals surface area contributed by atoms with Crippen LogP contribution in [0.3, 0.4) is 0 Å². The number of nitrogens with two attached hydrogens (primary N) is 1. The third-order valence-corrected chi connectivity index (χ3v) is 4.07. The minimum absolute atomic E-state index is 0.477. The van der Waals surface area contributed by atoms with Gasteiger partial charge in [0.05, 0.1) is 0 Å². The molecular weight excluding hydrogens is 234 g/mol. The molecule has 17 heavy (non-hydrogen) atoms. The highest BCUT2D eigenvalue weighted by atomic mass is 32.1. The van der Waals surface area contributed by atoms with Gasteiger partial charge in [-0.2, -0.15) is 5.10 Å². The summed E-state index contributed by atoms with van der Waals surface area (Å²) in [6.07, 6.45) is 5.04. The van der Waals surface area contributed by atoms with E-state index in [4.69, 9.17) is 5.73 Å². The monoisotopic (exact) mass is 249 g/mol. The first-order valence-corrected chi connectivity index (χ1v) is 6.82. The molecule has 2 aromatic rings. The van der Waals surface area contributed by atoms with E-state index in [0.29, 0.717) is 18.3 Å². The molecule has 0 radical (unpaired) electrons. The molecule has 0 atom stereocenters. The van der Waals surface area contributed by atoms with Crippen LogP contribution in [0.1, 0.15) is 42.4 Å². The first-order valence-electron chi connectivity index (χ1n) is 5.94. The summed E-state index contributed by atoms with van der Waals surface area (Å²) in [6.45, 7) is 0.477. The average molecular weight is 249 g/mol. The number of hydrogen-bond donors (Lipinski definition) is 2. The van der Waals surface area contributed by atoms with E-state index in [0.717, 1.165) is 16.5 Å². The van der Waals surface area contributed by atoms with Crippen molar-refractivity contribution >= 4 is 11.3 Å². The number of H-pyrrole nitrogens is 1. The van der Waals surface area contributed by atoms with Gasteiger partial charge in [0, 0.05) is 17.8 Å². The molecule has 0 amide bonds. The summed E-state index contributed by atoms with van der Waals surface area (Å²) in [5.41, 5.74) is 6.37. The van der Waals surface area contributed by atoms with Crippen LogP contribution in [0.15, 0.2) is 5.38 Å². The van der Waals surface area contributed by atoms with Crippen molar-refractivity contribution in [2.24, 2.45) is 5.73 Å². The second-order valence-corrected chi connectivity index (χ2v) is 5.30. The fourth-order valence-corrected chi connectivity index (χ4v) is 2.93. The summed E-state index contributed by atoms with van der Waals surface area (Å²) in [5, 5.41) is 10.2. The average Bonchev–Trinajstić information content (AvgIpc) is 3.09. The van der Waals surface area contributed by atoms with Crippen molar-refractivity contribution in [3.8, 4) is 11.5 Å². The Morgan fingerprint density at radius 1 is 1.35 bits per heavy atom.